The van der Waals surface area contributed by atoms with Gasteiger partial charge in [0.25, 0.3) is 5.91 Å². The molecule has 0 radical (unpaired) electrons. The number of likely N-dealkylation sites (tertiary alicyclic amines) is 1. The fourth-order valence-corrected chi connectivity index (χ4v) is 3.32. The number of carbonyl (C=O) groups is 3. The number of piperidine rings is 1. The van der Waals surface area contributed by atoms with Crippen LogP contribution in [0.2, 0.25) is 0 Å². The lowest BCUT2D eigenvalue weighted by molar-refractivity contribution is -0.137. The van der Waals surface area contributed by atoms with Gasteiger partial charge in [0.15, 0.2) is 6.61 Å². The topological polar surface area (TPSA) is 110 Å². The molecule has 1 heterocycles. The number of phenolic OH excluding ortho intramolecular Hbond substituents is 1. The van der Waals surface area contributed by atoms with E-state index in [0.29, 0.717) is 31.5 Å². The van der Waals surface area contributed by atoms with Crippen molar-refractivity contribution in [2.45, 2.75) is 52.4 Å². The lowest BCUT2D eigenvalue weighted by atomic mass is 9.92. The van der Waals surface area contributed by atoms with E-state index in [-0.39, 0.29) is 40.9 Å². The Bertz CT molecular complexity index is 749. The zero-order valence-corrected chi connectivity index (χ0v) is 17.0. The highest BCUT2D eigenvalue weighted by Crippen LogP contribution is 2.33. The van der Waals surface area contributed by atoms with Gasteiger partial charge in [0, 0.05) is 19.0 Å². The van der Waals surface area contributed by atoms with E-state index >= 15 is 0 Å². The number of carbonyl (C=O) groups excluding carboxylic acids is 3. The molecule has 7 nitrogen and oxygen atoms in total. The molecule has 0 aromatic heterocycles. The van der Waals surface area contributed by atoms with Crippen LogP contribution in [0.15, 0.2) is 12.1 Å². The molecule has 0 aliphatic carbocycles. The molecule has 0 unspecified atom stereocenters. The van der Waals surface area contributed by atoms with Gasteiger partial charge in [-0.1, -0.05) is 33.8 Å². The molecule has 0 bridgehead atoms. The van der Waals surface area contributed by atoms with E-state index in [4.69, 9.17) is 10.5 Å². The van der Waals surface area contributed by atoms with Gasteiger partial charge in [0.2, 0.25) is 5.91 Å². The predicted octanol–water partition coefficient (Wildman–Crippen LogP) is 2.52. The SMILES string of the molecule is CC(C)c1cc(C(=O)OCC(=O)N2CCC(C(N)=O)CC2)c(O)c(C(C)C)c1. The van der Waals surface area contributed by atoms with Crippen molar-refractivity contribution in [2.24, 2.45) is 11.7 Å². The van der Waals surface area contributed by atoms with Gasteiger partial charge in [0.1, 0.15) is 11.3 Å². The number of hydrogen-bond donors (Lipinski definition) is 2. The third kappa shape index (κ3) is 5.03. The molecular formula is C21H30N2O5. The van der Waals surface area contributed by atoms with Gasteiger partial charge in [-0.3, -0.25) is 9.59 Å². The van der Waals surface area contributed by atoms with Crippen LogP contribution in [0.1, 0.15) is 73.9 Å². The Kier molecular flexibility index (Phi) is 7.05. The Labute approximate surface area is 165 Å². The van der Waals surface area contributed by atoms with Crippen LogP contribution in [-0.2, 0) is 14.3 Å². The van der Waals surface area contributed by atoms with Crippen molar-refractivity contribution >= 4 is 17.8 Å². The summed E-state index contributed by atoms with van der Waals surface area (Å²) in [6.45, 7) is 8.31. The summed E-state index contributed by atoms with van der Waals surface area (Å²) in [5, 5.41) is 10.5. The summed E-state index contributed by atoms with van der Waals surface area (Å²) < 4.78 is 5.19. The van der Waals surface area contributed by atoms with Crippen molar-refractivity contribution in [2.75, 3.05) is 19.7 Å². The van der Waals surface area contributed by atoms with Crippen LogP contribution in [0.3, 0.4) is 0 Å². The Morgan fingerprint density at radius 3 is 2.25 bits per heavy atom. The van der Waals surface area contributed by atoms with Crippen LogP contribution < -0.4 is 5.73 Å². The molecule has 1 aliphatic heterocycles. The van der Waals surface area contributed by atoms with Gasteiger partial charge in [0.05, 0.1) is 0 Å². The molecule has 3 N–H and O–H groups in total. The lowest BCUT2D eigenvalue weighted by Gasteiger charge is -2.30. The fraction of sp³-hybridized carbons (Fsp3) is 0.571. The van der Waals surface area contributed by atoms with E-state index in [0.717, 1.165) is 5.56 Å². The average Bonchev–Trinajstić information content (AvgIpc) is 2.65. The Balaban J connectivity index is 2.05. The standard InChI is InChI=1S/C21H30N2O5/c1-12(2)15-9-16(13(3)4)19(25)17(10-15)21(27)28-11-18(24)23-7-5-14(6-8-23)20(22)26/h9-10,12-14,25H,5-8,11H2,1-4H3,(H2,22,26). The summed E-state index contributed by atoms with van der Waals surface area (Å²) in [7, 11) is 0. The van der Waals surface area contributed by atoms with E-state index < -0.39 is 12.6 Å². The largest absolute Gasteiger partial charge is 0.507 e. The third-order valence-corrected chi connectivity index (χ3v) is 5.25. The first-order valence-corrected chi connectivity index (χ1v) is 9.72. The minimum absolute atomic E-state index is 0.0402. The maximum Gasteiger partial charge on any atom is 0.342 e. The van der Waals surface area contributed by atoms with Gasteiger partial charge >= 0.3 is 5.97 Å². The average molecular weight is 390 g/mol. The lowest BCUT2D eigenvalue weighted by Crippen LogP contribution is -2.43. The second-order valence-corrected chi connectivity index (χ2v) is 7.95. The minimum Gasteiger partial charge on any atom is -0.507 e. The molecule has 2 rings (SSSR count). The summed E-state index contributed by atoms with van der Waals surface area (Å²) in [6.07, 6.45) is 1.04. The molecule has 1 aromatic carbocycles. The molecular weight excluding hydrogens is 360 g/mol. The van der Waals surface area contributed by atoms with Crippen LogP contribution in [0.5, 0.6) is 5.75 Å². The molecule has 0 atom stereocenters. The Morgan fingerprint density at radius 1 is 1.14 bits per heavy atom. The highest BCUT2D eigenvalue weighted by molar-refractivity contribution is 5.94. The quantitative estimate of drug-likeness (QED) is 0.725. The van der Waals surface area contributed by atoms with Crippen molar-refractivity contribution in [3.8, 4) is 5.75 Å². The Morgan fingerprint density at radius 2 is 1.75 bits per heavy atom. The van der Waals surface area contributed by atoms with Crippen molar-refractivity contribution in [3.63, 3.8) is 0 Å². The molecule has 1 aromatic rings. The number of esters is 1. The second-order valence-electron chi connectivity index (χ2n) is 7.95. The molecule has 154 valence electrons. The normalized spacial score (nSPS) is 15.1. The number of benzene rings is 1. The number of amides is 2. The first-order chi connectivity index (χ1) is 13.1. The molecule has 1 aliphatic rings. The molecule has 0 spiro atoms. The predicted molar refractivity (Wildman–Crippen MR) is 105 cm³/mol. The minimum atomic E-state index is -0.720. The number of phenols is 1. The number of nitrogens with two attached hydrogens (primary N) is 1. The summed E-state index contributed by atoms with van der Waals surface area (Å²) in [4.78, 5) is 37.6. The van der Waals surface area contributed by atoms with E-state index in [9.17, 15) is 19.5 Å². The smallest absolute Gasteiger partial charge is 0.342 e. The maximum atomic E-state index is 12.5. The van der Waals surface area contributed by atoms with Crippen molar-refractivity contribution in [3.05, 3.63) is 28.8 Å². The van der Waals surface area contributed by atoms with Crippen molar-refractivity contribution in [1.82, 2.24) is 4.90 Å². The number of rotatable bonds is 6. The van der Waals surface area contributed by atoms with E-state index in [1.165, 1.54) is 0 Å². The number of hydrogen-bond acceptors (Lipinski definition) is 5. The summed E-state index contributed by atoms with van der Waals surface area (Å²) in [5.74, 6) is -1.48. The fourth-order valence-electron chi connectivity index (χ4n) is 3.32. The number of aromatic hydroxyl groups is 1. The first kappa shape index (κ1) is 21.7. The summed E-state index contributed by atoms with van der Waals surface area (Å²) in [5.41, 5.74) is 6.98. The Hall–Kier alpha value is -2.57. The highest BCUT2D eigenvalue weighted by Gasteiger charge is 2.27. The van der Waals surface area contributed by atoms with Crippen LogP contribution in [-0.4, -0.2) is 47.5 Å². The third-order valence-electron chi connectivity index (χ3n) is 5.25. The highest BCUT2D eigenvalue weighted by atomic mass is 16.5. The first-order valence-electron chi connectivity index (χ1n) is 9.72. The molecule has 7 heteroatoms. The molecule has 1 saturated heterocycles. The van der Waals surface area contributed by atoms with Gasteiger partial charge in [-0.05, 0) is 41.9 Å². The van der Waals surface area contributed by atoms with E-state index in [2.05, 4.69) is 0 Å². The zero-order chi connectivity index (χ0) is 21.0. The van der Waals surface area contributed by atoms with Gasteiger partial charge in [-0.15, -0.1) is 0 Å². The van der Waals surface area contributed by atoms with Crippen LogP contribution in [0.4, 0.5) is 0 Å². The van der Waals surface area contributed by atoms with E-state index in [1.54, 1.807) is 11.0 Å². The summed E-state index contributed by atoms with van der Waals surface area (Å²) >= 11 is 0. The molecule has 2 amide bonds. The zero-order valence-electron chi connectivity index (χ0n) is 17.0. The number of nitrogens with zero attached hydrogens (tertiary/aromatic N) is 1. The second kappa shape index (κ2) is 9.08. The number of ether oxygens (including phenoxy) is 1. The van der Waals surface area contributed by atoms with Crippen molar-refractivity contribution in [1.29, 1.82) is 0 Å². The van der Waals surface area contributed by atoms with Crippen LogP contribution >= 0.6 is 0 Å². The van der Waals surface area contributed by atoms with Crippen LogP contribution in [0.25, 0.3) is 0 Å². The van der Waals surface area contributed by atoms with Gasteiger partial charge in [-0.25, -0.2) is 4.79 Å². The van der Waals surface area contributed by atoms with Gasteiger partial charge in [-0.2, -0.15) is 0 Å². The van der Waals surface area contributed by atoms with Crippen molar-refractivity contribution < 1.29 is 24.2 Å². The maximum absolute atomic E-state index is 12.5. The number of primary amides is 1. The molecule has 0 saturated carbocycles. The molecule has 28 heavy (non-hydrogen) atoms. The monoisotopic (exact) mass is 390 g/mol. The summed E-state index contributed by atoms with van der Waals surface area (Å²) in [6, 6.07) is 3.52. The molecule has 1 fully saturated rings. The van der Waals surface area contributed by atoms with Gasteiger partial charge < -0.3 is 20.5 Å². The van der Waals surface area contributed by atoms with E-state index in [1.807, 2.05) is 33.8 Å². The van der Waals surface area contributed by atoms with Crippen LogP contribution in [0, 0.1) is 5.92 Å².